The van der Waals surface area contributed by atoms with E-state index in [4.69, 9.17) is 9.47 Å². The van der Waals surface area contributed by atoms with Crippen molar-refractivity contribution in [3.05, 3.63) is 29.8 Å². The van der Waals surface area contributed by atoms with E-state index >= 15 is 0 Å². The molecule has 1 saturated heterocycles. The van der Waals surface area contributed by atoms with Gasteiger partial charge in [-0.3, -0.25) is 4.79 Å². The van der Waals surface area contributed by atoms with Crippen molar-refractivity contribution >= 4 is 5.91 Å². The van der Waals surface area contributed by atoms with E-state index < -0.39 is 0 Å². The molecular formula is C15H22N2O3. The molecule has 110 valence electrons. The van der Waals surface area contributed by atoms with Crippen LogP contribution in [0.4, 0.5) is 0 Å². The number of benzene rings is 1. The highest BCUT2D eigenvalue weighted by atomic mass is 16.5. The van der Waals surface area contributed by atoms with Gasteiger partial charge in [-0.25, -0.2) is 0 Å². The van der Waals surface area contributed by atoms with Gasteiger partial charge in [0.15, 0.2) is 0 Å². The fourth-order valence-corrected chi connectivity index (χ4v) is 2.12. The molecule has 1 fully saturated rings. The summed E-state index contributed by atoms with van der Waals surface area (Å²) in [7, 11) is 1.65. The smallest absolute Gasteiger partial charge is 0.246 e. The third-order valence-corrected chi connectivity index (χ3v) is 3.46. The lowest BCUT2D eigenvalue weighted by Gasteiger charge is -2.38. The zero-order valence-corrected chi connectivity index (χ0v) is 12.1. The second-order valence-electron chi connectivity index (χ2n) is 5.25. The number of para-hydroxylation sites is 1. The molecule has 0 radical (unpaired) electrons. The van der Waals surface area contributed by atoms with Gasteiger partial charge in [0.2, 0.25) is 5.91 Å². The zero-order chi connectivity index (χ0) is 14.4. The van der Waals surface area contributed by atoms with Gasteiger partial charge in [-0.05, 0) is 25.0 Å². The Kier molecular flexibility index (Phi) is 4.98. The van der Waals surface area contributed by atoms with Crippen LogP contribution in [0.1, 0.15) is 12.5 Å². The van der Waals surface area contributed by atoms with Crippen molar-refractivity contribution in [3.8, 4) is 5.75 Å². The predicted octanol–water partition coefficient (Wildman–Crippen LogP) is 0.732. The van der Waals surface area contributed by atoms with Gasteiger partial charge in [-0.15, -0.1) is 0 Å². The van der Waals surface area contributed by atoms with E-state index in [9.17, 15) is 4.79 Å². The number of nitrogens with one attached hydrogen (secondary N) is 2. The second-order valence-corrected chi connectivity index (χ2v) is 5.25. The molecule has 1 heterocycles. The molecule has 0 spiro atoms. The number of carbonyl (C=O) groups excluding carboxylic acids is 1. The molecular weight excluding hydrogens is 256 g/mol. The van der Waals surface area contributed by atoms with Gasteiger partial charge in [0.1, 0.15) is 12.4 Å². The average Bonchev–Trinajstić information content (AvgIpc) is 2.43. The van der Waals surface area contributed by atoms with Crippen LogP contribution in [0.3, 0.4) is 0 Å². The first kappa shape index (κ1) is 14.8. The number of hydrogen-bond acceptors (Lipinski definition) is 4. The van der Waals surface area contributed by atoms with Crippen LogP contribution in [-0.2, 0) is 16.0 Å². The first-order chi connectivity index (χ1) is 9.63. The highest BCUT2D eigenvalue weighted by molar-refractivity contribution is 5.77. The van der Waals surface area contributed by atoms with E-state index in [1.807, 2.05) is 31.2 Å². The molecule has 5 nitrogen and oxygen atoms in total. The maximum atomic E-state index is 11.7. The van der Waals surface area contributed by atoms with Crippen LogP contribution in [-0.4, -0.2) is 44.9 Å². The van der Waals surface area contributed by atoms with Crippen LogP contribution in [0.25, 0.3) is 0 Å². The van der Waals surface area contributed by atoms with Crippen molar-refractivity contribution < 1.29 is 14.3 Å². The lowest BCUT2D eigenvalue weighted by Crippen LogP contribution is -2.59. The summed E-state index contributed by atoms with van der Waals surface area (Å²) in [5.41, 5.74) is 0.909. The van der Waals surface area contributed by atoms with Crippen molar-refractivity contribution in [1.82, 2.24) is 10.6 Å². The van der Waals surface area contributed by atoms with E-state index in [1.165, 1.54) is 0 Å². The monoisotopic (exact) mass is 278 g/mol. The average molecular weight is 278 g/mol. The fraction of sp³-hybridized carbons (Fsp3) is 0.533. The Labute approximate surface area is 119 Å². The summed E-state index contributed by atoms with van der Waals surface area (Å²) in [6.45, 7) is 4.32. The van der Waals surface area contributed by atoms with Crippen molar-refractivity contribution in [2.45, 2.75) is 18.9 Å². The molecule has 2 rings (SSSR count). The number of hydrogen-bond donors (Lipinski definition) is 2. The molecule has 2 N–H and O–H groups in total. The summed E-state index contributed by atoms with van der Waals surface area (Å²) in [5.74, 6) is 0.777. The number of methoxy groups -OCH3 is 1. The Balaban J connectivity index is 1.68. The van der Waals surface area contributed by atoms with E-state index in [0.717, 1.165) is 30.8 Å². The molecule has 5 heteroatoms. The maximum absolute atomic E-state index is 11.7. The molecule has 20 heavy (non-hydrogen) atoms. The number of carbonyl (C=O) groups is 1. The third kappa shape index (κ3) is 3.95. The highest BCUT2D eigenvalue weighted by Crippen LogP contribution is 2.17. The maximum Gasteiger partial charge on any atom is 0.246 e. The normalized spacial score (nSPS) is 16.3. The van der Waals surface area contributed by atoms with Crippen molar-refractivity contribution in [2.24, 2.45) is 0 Å². The molecule has 1 aromatic rings. The van der Waals surface area contributed by atoms with Crippen LogP contribution in [0.2, 0.25) is 0 Å². The topological polar surface area (TPSA) is 59.6 Å². The van der Waals surface area contributed by atoms with Crippen molar-refractivity contribution in [1.29, 1.82) is 0 Å². The van der Waals surface area contributed by atoms with Gasteiger partial charge in [-0.1, -0.05) is 18.2 Å². The standard InChI is InChI=1S/C15H22N2O3/c1-15(10-16-11-15)20-9-14(18)17-8-7-12-5-3-4-6-13(12)19-2/h3-6,16H,7-11H2,1-2H3,(H,17,18). The lowest BCUT2D eigenvalue weighted by molar-refractivity contribution is -0.135. The number of amides is 1. The molecule has 1 amide bonds. The van der Waals surface area contributed by atoms with Crippen LogP contribution >= 0.6 is 0 Å². The summed E-state index contributed by atoms with van der Waals surface area (Å²) >= 11 is 0. The van der Waals surface area contributed by atoms with Gasteiger partial charge in [-0.2, -0.15) is 0 Å². The van der Waals surface area contributed by atoms with Gasteiger partial charge < -0.3 is 20.1 Å². The van der Waals surface area contributed by atoms with E-state index in [1.54, 1.807) is 7.11 Å². The first-order valence-corrected chi connectivity index (χ1v) is 6.86. The van der Waals surface area contributed by atoms with Gasteiger partial charge in [0.05, 0.1) is 12.7 Å². The Morgan fingerprint density at radius 1 is 1.40 bits per heavy atom. The van der Waals surface area contributed by atoms with Crippen molar-refractivity contribution in [2.75, 3.05) is 33.4 Å². The Morgan fingerprint density at radius 3 is 2.80 bits per heavy atom. The summed E-state index contributed by atoms with van der Waals surface area (Å²) in [5, 5.41) is 6.00. The molecule has 1 aliphatic rings. The molecule has 1 aromatic carbocycles. The Bertz CT molecular complexity index is 458. The SMILES string of the molecule is COc1ccccc1CCNC(=O)COC1(C)CNC1. The minimum Gasteiger partial charge on any atom is -0.496 e. The summed E-state index contributed by atoms with van der Waals surface area (Å²) in [6.07, 6.45) is 0.745. The number of rotatable bonds is 7. The molecule has 0 unspecified atom stereocenters. The molecule has 0 bridgehead atoms. The van der Waals surface area contributed by atoms with Crippen LogP contribution < -0.4 is 15.4 Å². The van der Waals surface area contributed by atoms with Gasteiger partial charge >= 0.3 is 0 Å². The summed E-state index contributed by atoms with van der Waals surface area (Å²) < 4.78 is 10.8. The quantitative estimate of drug-likeness (QED) is 0.772. The summed E-state index contributed by atoms with van der Waals surface area (Å²) in [6, 6.07) is 7.82. The third-order valence-electron chi connectivity index (χ3n) is 3.46. The second kappa shape index (κ2) is 6.72. The fourth-order valence-electron chi connectivity index (χ4n) is 2.12. The number of ether oxygens (including phenoxy) is 2. The van der Waals surface area contributed by atoms with Crippen LogP contribution in [0.5, 0.6) is 5.75 Å². The molecule has 0 aliphatic carbocycles. The largest absolute Gasteiger partial charge is 0.496 e. The van der Waals surface area contributed by atoms with Gasteiger partial charge in [0, 0.05) is 19.6 Å². The predicted molar refractivity (Wildman–Crippen MR) is 76.9 cm³/mol. The molecule has 1 aliphatic heterocycles. The summed E-state index contributed by atoms with van der Waals surface area (Å²) in [4.78, 5) is 11.7. The van der Waals surface area contributed by atoms with E-state index in [-0.39, 0.29) is 18.1 Å². The first-order valence-electron chi connectivity index (χ1n) is 6.86. The molecule has 0 atom stereocenters. The molecule has 0 aromatic heterocycles. The van der Waals surface area contributed by atoms with Crippen LogP contribution in [0, 0.1) is 0 Å². The Morgan fingerprint density at radius 2 is 2.15 bits per heavy atom. The minimum atomic E-state index is -0.181. The lowest BCUT2D eigenvalue weighted by atomic mass is 10.0. The Hall–Kier alpha value is -1.59. The van der Waals surface area contributed by atoms with Gasteiger partial charge in [0.25, 0.3) is 0 Å². The van der Waals surface area contributed by atoms with Crippen molar-refractivity contribution in [3.63, 3.8) is 0 Å². The zero-order valence-electron chi connectivity index (χ0n) is 12.1. The highest BCUT2D eigenvalue weighted by Gasteiger charge is 2.32. The van der Waals surface area contributed by atoms with Crippen LogP contribution in [0.15, 0.2) is 24.3 Å². The van der Waals surface area contributed by atoms with E-state index in [0.29, 0.717) is 6.54 Å². The minimum absolute atomic E-state index is 0.0759. The molecule has 0 saturated carbocycles. The van der Waals surface area contributed by atoms with E-state index in [2.05, 4.69) is 10.6 Å².